The van der Waals surface area contributed by atoms with Gasteiger partial charge in [0.1, 0.15) is 0 Å². The van der Waals surface area contributed by atoms with Crippen molar-refractivity contribution in [3.63, 3.8) is 0 Å². The summed E-state index contributed by atoms with van der Waals surface area (Å²) in [7, 11) is 1.37. The fourth-order valence-corrected chi connectivity index (χ4v) is 1.82. The molecule has 0 aliphatic carbocycles. The van der Waals surface area contributed by atoms with Crippen LogP contribution < -0.4 is 0 Å². The average molecular weight is 335 g/mol. The summed E-state index contributed by atoms with van der Waals surface area (Å²) in [6.45, 7) is 0. The standard InChI is InChI=1S/C9H12Cl.C7H7O2.Fe/c10-8-4-3-7-9-5-1-2-6-9;1-9-7(8)6-4-2-3-5-6;/h1-2,5-6H,3-4,7-8H2;2-5H,1H3;/q-5;-1;. The van der Waals surface area contributed by atoms with Gasteiger partial charge in [0, 0.05) is 22.9 Å². The molecule has 0 atom stereocenters. The van der Waals surface area contributed by atoms with Gasteiger partial charge in [-0.15, -0.1) is 11.6 Å². The van der Waals surface area contributed by atoms with Crippen molar-refractivity contribution in [3.8, 4) is 0 Å². The summed E-state index contributed by atoms with van der Waals surface area (Å²) >= 11 is 5.54. The molecule has 4 heteroatoms. The van der Waals surface area contributed by atoms with E-state index in [0.29, 0.717) is 5.56 Å². The predicted molar refractivity (Wildman–Crippen MR) is 79.1 cm³/mol. The molecule has 0 spiro atoms. The van der Waals surface area contributed by atoms with E-state index in [0.717, 1.165) is 12.3 Å². The Morgan fingerprint density at radius 1 is 1.20 bits per heavy atom. The number of halogens is 1. The molecule has 0 heterocycles. The fraction of sp³-hybridized carbons (Fsp3) is 0.312. The Morgan fingerprint density at radius 3 is 2.30 bits per heavy atom. The number of aryl methyl sites for hydroxylation is 1. The van der Waals surface area contributed by atoms with E-state index in [1.54, 1.807) is 24.3 Å². The van der Waals surface area contributed by atoms with Crippen LogP contribution in [0.1, 0.15) is 28.8 Å². The van der Waals surface area contributed by atoms with Crippen molar-refractivity contribution in [1.29, 1.82) is 0 Å². The van der Waals surface area contributed by atoms with Gasteiger partial charge in [-0.05, 0) is 6.42 Å². The van der Waals surface area contributed by atoms with Crippen LogP contribution in [0.4, 0.5) is 0 Å². The van der Waals surface area contributed by atoms with Crippen LogP contribution in [0.5, 0.6) is 0 Å². The first-order valence-corrected chi connectivity index (χ1v) is 6.88. The van der Waals surface area contributed by atoms with Crippen LogP contribution >= 0.6 is 11.6 Å². The number of methoxy groups -OCH3 is 1. The molecule has 0 aromatic heterocycles. The first kappa shape index (κ1) is 19.0. The maximum Gasteiger partial charge on any atom is 0.280 e. The van der Waals surface area contributed by atoms with Crippen molar-refractivity contribution < 1.29 is 26.6 Å². The second kappa shape index (κ2) is 11.8. The Balaban J connectivity index is 0.000000345. The molecule has 2 rings (SSSR count). The van der Waals surface area contributed by atoms with Gasteiger partial charge < -0.3 is 34.6 Å². The third kappa shape index (κ3) is 7.54. The molecular weight excluding hydrogens is 315 g/mol. The van der Waals surface area contributed by atoms with Gasteiger partial charge in [-0.3, -0.25) is 4.79 Å². The molecule has 2 aromatic rings. The zero-order valence-electron chi connectivity index (χ0n) is 11.5. The Morgan fingerprint density at radius 2 is 1.80 bits per heavy atom. The molecule has 0 amide bonds. The maximum atomic E-state index is 10.7. The number of hydrogen-bond acceptors (Lipinski definition) is 2. The minimum absolute atomic E-state index is 0. The van der Waals surface area contributed by atoms with Gasteiger partial charge in [-0.25, -0.2) is 18.6 Å². The van der Waals surface area contributed by atoms with Gasteiger partial charge in [0.15, 0.2) is 0 Å². The largest absolute Gasteiger partial charge is 0.748 e. The number of alkyl halides is 1. The zero-order chi connectivity index (χ0) is 13.9. The normalized spacial score (nSPS) is 9.10. The van der Waals surface area contributed by atoms with Crippen molar-refractivity contribution >= 4 is 17.6 Å². The molecule has 0 fully saturated rings. The van der Waals surface area contributed by atoms with Gasteiger partial charge in [-0.1, -0.05) is 12.0 Å². The minimum atomic E-state index is -0.278. The van der Waals surface area contributed by atoms with Crippen LogP contribution in [0, 0.1) is 0 Å². The molecule has 2 aromatic carbocycles. The predicted octanol–water partition coefficient (Wildman–Crippen LogP) is 4.16. The van der Waals surface area contributed by atoms with Gasteiger partial charge in [-0.2, -0.15) is 12.1 Å². The summed E-state index contributed by atoms with van der Waals surface area (Å²) in [4.78, 5) is 10.7. The molecular formula is C16H19ClFeO2-6. The van der Waals surface area contributed by atoms with Crippen LogP contribution in [-0.4, -0.2) is 19.0 Å². The Kier molecular flexibility index (Phi) is 11.2. The fourth-order valence-electron chi connectivity index (χ4n) is 1.63. The molecule has 0 N–H and O–H groups in total. The summed E-state index contributed by atoms with van der Waals surface area (Å²) in [6, 6.07) is 15.5. The maximum absolute atomic E-state index is 10.7. The number of rotatable bonds is 5. The van der Waals surface area contributed by atoms with Crippen molar-refractivity contribution in [2.24, 2.45) is 0 Å². The molecule has 0 aliphatic rings. The summed E-state index contributed by atoms with van der Waals surface area (Å²) in [5.41, 5.74) is 2.04. The minimum Gasteiger partial charge on any atom is -0.748 e. The molecule has 0 unspecified atom stereocenters. The second-order valence-electron chi connectivity index (χ2n) is 4.10. The Hall–Kier alpha value is -1.02. The SMILES string of the molecule is COC(=O)[c-]1cccc1.ClCCCC[c-]1[cH-][cH-][cH-][cH-]1.[Fe]. The third-order valence-electron chi connectivity index (χ3n) is 2.66. The molecule has 116 valence electrons. The van der Waals surface area contributed by atoms with E-state index >= 15 is 0 Å². The van der Waals surface area contributed by atoms with E-state index in [-0.39, 0.29) is 23.0 Å². The molecule has 0 saturated heterocycles. The second-order valence-corrected chi connectivity index (χ2v) is 4.48. The van der Waals surface area contributed by atoms with Crippen molar-refractivity contribution in [2.75, 3.05) is 13.0 Å². The molecule has 2 nitrogen and oxygen atoms in total. The van der Waals surface area contributed by atoms with Crippen LogP contribution in [-0.2, 0) is 28.2 Å². The van der Waals surface area contributed by atoms with E-state index in [4.69, 9.17) is 11.6 Å². The first-order valence-electron chi connectivity index (χ1n) is 6.34. The van der Waals surface area contributed by atoms with Gasteiger partial charge in [0.25, 0.3) is 5.97 Å². The number of carbonyl (C=O) groups is 1. The number of carbonyl (C=O) groups excluding carboxylic acids is 1. The molecule has 0 radical (unpaired) electrons. The monoisotopic (exact) mass is 334 g/mol. The van der Waals surface area contributed by atoms with E-state index in [1.165, 1.54) is 25.5 Å². The van der Waals surface area contributed by atoms with Crippen molar-refractivity contribution in [2.45, 2.75) is 19.3 Å². The van der Waals surface area contributed by atoms with Gasteiger partial charge >= 0.3 is 0 Å². The molecule has 0 saturated carbocycles. The number of ether oxygens (including phenoxy) is 1. The van der Waals surface area contributed by atoms with Gasteiger partial charge in [0.2, 0.25) is 0 Å². The zero-order valence-corrected chi connectivity index (χ0v) is 13.4. The molecule has 20 heavy (non-hydrogen) atoms. The third-order valence-corrected chi connectivity index (χ3v) is 2.93. The average Bonchev–Trinajstić information content (AvgIpc) is 3.12. The van der Waals surface area contributed by atoms with E-state index in [2.05, 4.69) is 29.0 Å². The van der Waals surface area contributed by atoms with Crippen LogP contribution in [0.3, 0.4) is 0 Å². The van der Waals surface area contributed by atoms with E-state index < -0.39 is 0 Å². The number of unbranched alkanes of at least 4 members (excludes halogenated alkanes) is 1. The first-order chi connectivity index (χ1) is 9.27. The number of esters is 1. The smallest absolute Gasteiger partial charge is 0.280 e. The summed E-state index contributed by atoms with van der Waals surface area (Å²) in [6.07, 6.45) is 3.53. The van der Waals surface area contributed by atoms with Gasteiger partial charge in [0.05, 0.1) is 7.11 Å². The Labute approximate surface area is 136 Å². The van der Waals surface area contributed by atoms with Crippen molar-refractivity contribution in [1.82, 2.24) is 0 Å². The van der Waals surface area contributed by atoms with E-state index in [1.807, 2.05) is 0 Å². The van der Waals surface area contributed by atoms with Crippen LogP contribution in [0.15, 0.2) is 48.5 Å². The quantitative estimate of drug-likeness (QED) is 0.270. The summed E-state index contributed by atoms with van der Waals surface area (Å²) in [5.74, 6) is 0.515. The van der Waals surface area contributed by atoms with E-state index in [9.17, 15) is 4.79 Å². The topological polar surface area (TPSA) is 26.3 Å². The molecule has 0 aliphatic heterocycles. The van der Waals surface area contributed by atoms with Crippen LogP contribution in [0.25, 0.3) is 0 Å². The number of hydrogen-bond donors (Lipinski definition) is 0. The summed E-state index contributed by atoms with van der Waals surface area (Å²) in [5, 5.41) is 0. The molecule has 0 bridgehead atoms. The van der Waals surface area contributed by atoms with Crippen LogP contribution in [0.2, 0.25) is 0 Å². The summed E-state index contributed by atoms with van der Waals surface area (Å²) < 4.78 is 4.46. The Bertz CT molecular complexity index is 435. The van der Waals surface area contributed by atoms with Crippen molar-refractivity contribution in [3.05, 3.63) is 59.7 Å².